The second-order valence-corrected chi connectivity index (χ2v) is 4.47. The van der Waals surface area contributed by atoms with Crippen LogP contribution in [0.2, 0.25) is 0 Å². The number of carbonyl (C=O) groups is 1. The standard InChI is InChI=1S/C16H16O3/c1-11-6-3-4-8-13(11)10-19-14-9-5-7-12(2)15(14)16(17)18/h3-9H,10H2,1-2H3,(H,17,18). The molecule has 0 saturated carbocycles. The van der Waals surface area contributed by atoms with Gasteiger partial charge in [-0.3, -0.25) is 0 Å². The van der Waals surface area contributed by atoms with Gasteiger partial charge in [0.1, 0.15) is 17.9 Å². The first kappa shape index (κ1) is 13.1. The van der Waals surface area contributed by atoms with E-state index in [1.165, 1.54) is 0 Å². The van der Waals surface area contributed by atoms with Crippen molar-refractivity contribution in [3.63, 3.8) is 0 Å². The molecule has 0 spiro atoms. The van der Waals surface area contributed by atoms with Crippen LogP contribution in [0.5, 0.6) is 5.75 Å². The highest BCUT2D eigenvalue weighted by Crippen LogP contribution is 2.23. The molecular weight excluding hydrogens is 240 g/mol. The SMILES string of the molecule is Cc1ccccc1COc1cccc(C)c1C(=O)O. The molecule has 3 heteroatoms. The summed E-state index contributed by atoms with van der Waals surface area (Å²) in [6, 6.07) is 13.2. The van der Waals surface area contributed by atoms with Crippen molar-refractivity contribution in [1.82, 2.24) is 0 Å². The van der Waals surface area contributed by atoms with Gasteiger partial charge in [0.2, 0.25) is 0 Å². The van der Waals surface area contributed by atoms with Gasteiger partial charge < -0.3 is 9.84 Å². The Morgan fingerprint density at radius 2 is 1.74 bits per heavy atom. The van der Waals surface area contributed by atoms with Gasteiger partial charge >= 0.3 is 5.97 Å². The quantitative estimate of drug-likeness (QED) is 0.909. The average Bonchev–Trinajstić information content (AvgIpc) is 2.37. The van der Waals surface area contributed by atoms with Crippen LogP contribution in [0.25, 0.3) is 0 Å². The maximum atomic E-state index is 11.2. The predicted octanol–water partition coefficient (Wildman–Crippen LogP) is 3.58. The van der Waals surface area contributed by atoms with E-state index < -0.39 is 5.97 Å². The Bertz CT molecular complexity index is 603. The smallest absolute Gasteiger partial charge is 0.339 e. The van der Waals surface area contributed by atoms with Crippen LogP contribution in [0.15, 0.2) is 42.5 Å². The lowest BCUT2D eigenvalue weighted by atomic mass is 10.1. The molecule has 2 aromatic carbocycles. The summed E-state index contributed by atoms with van der Waals surface area (Å²) >= 11 is 0. The number of hydrogen-bond acceptors (Lipinski definition) is 2. The third kappa shape index (κ3) is 2.94. The number of carboxylic acids is 1. The van der Waals surface area contributed by atoms with Gasteiger partial charge in [-0.05, 0) is 36.6 Å². The second-order valence-electron chi connectivity index (χ2n) is 4.47. The molecule has 1 N–H and O–H groups in total. The Hall–Kier alpha value is -2.29. The van der Waals surface area contributed by atoms with Crippen molar-refractivity contribution in [3.8, 4) is 5.75 Å². The van der Waals surface area contributed by atoms with Crippen LogP contribution in [0.3, 0.4) is 0 Å². The van der Waals surface area contributed by atoms with Crippen molar-refractivity contribution < 1.29 is 14.6 Å². The highest BCUT2D eigenvalue weighted by molar-refractivity contribution is 5.92. The van der Waals surface area contributed by atoms with Gasteiger partial charge in [0.15, 0.2) is 0 Å². The van der Waals surface area contributed by atoms with E-state index in [9.17, 15) is 9.90 Å². The highest BCUT2D eigenvalue weighted by Gasteiger charge is 2.14. The maximum absolute atomic E-state index is 11.2. The largest absolute Gasteiger partial charge is 0.488 e. The normalized spacial score (nSPS) is 10.2. The van der Waals surface area contributed by atoms with Gasteiger partial charge in [-0.1, -0.05) is 36.4 Å². The molecule has 0 aliphatic carbocycles. The molecule has 2 rings (SSSR count). The van der Waals surface area contributed by atoms with Crippen LogP contribution in [0.4, 0.5) is 0 Å². The Kier molecular flexibility index (Phi) is 3.85. The first-order valence-corrected chi connectivity index (χ1v) is 6.10. The molecule has 3 nitrogen and oxygen atoms in total. The van der Waals surface area contributed by atoms with Gasteiger partial charge in [0, 0.05) is 0 Å². The Balaban J connectivity index is 2.23. The van der Waals surface area contributed by atoms with E-state index in [2.05, 4.69) is 0 Å². The van der Waals surface area contributed by atoms with Crippen LogP contribution < -0.4 is 4.74 Å². The minimum Gasteiger partial charge on any atom is -0.488 e. The first-order chi connectivity index (χ1) is 9.09. The molecule has 0 bridgehead atoms. The fraction of sp³-hybridized carbons (Fsp3) is 0.188. The van der Waals surface area contributed by atoms with Gasteiger partial charge in [-0.2, -0.15) is 0 Å². The number of carboxylic acid groups (broad SMARTS) is 1. The van der Waals surface area contributed by atoms with Crippen molar-refractivity contribution in [2.24, 2.45) is 0 Å². The molecule has 0 saturated heterocycles. The molecule has 0 aromatic heterocycles. The minimum absolute atomic E-state index is 0.232. The van der Waals surface area contributed by atoms with E-state index in [1.807, 2.05) is 31.2 Å². The van der Waals surface area contributed by atoms with Crippen LogP contribution >= 0.6 is 0 Å². The zero-order valence-electron chi connectivity index (χ0n) is 11.0. The molecule has 0 aliphatic heterocycles. The van der Waals surface area contributed by atoms with Crippen molar-refractivity contribution >= 4 is 5.97 Å². The zero-order valence-corrected chi connectivity index (χ0v) is 11.0. The van der Waals surface area contributed by atoms with Gasteiger partial charge in [-0.15, -0.1) is 0 Å². The van der Waals surface area contributed by atoms with E-state index >= 15 is 0 Å². The van der Waals surface area contributed by atoms with Crippen molar-refractivity contribution in [3.05, 3.63) is 64.7 Å². The molecule has 0 heterocycles. The van der Waals surface area contributed by atoms with Crippen molar-refractivity contribution in [1.29, 1.82) is 0 Å². The number of ether oxygens (including phenoxy) is 1. The lowest BCUT2D eigenvalue weighted by Crippen LogP contribution is -2.06. The number of hydrogen-bond donors (Lipinski definition) is 1. The van der Waals surface area contributed by atoms with Gasteiger partial charge in [0.25, 0.3) is 0 Å². The third-order valence-electron chi connectivity index (χ3n) is 3.09. The number of aryl methyl sites for hydroxylation is 2. The predicted molar refractivity (Wildman–Crippen MR) is 73.6 cm³/mol. The van der Waals surface area contributed by atoms with E-state index in [0.717, 1.165) is 11.1 Å². The van der Waals surface area contributed by atoms with Gasteiger partial charge in [-0.25, -0.2) is 4.79 Å². The monoisotopic (exact) mass is 256 g/mol. The fourth-order valence-electron chi connectivity index (χ4n) is 1.96. The maximum Gasteiger partial charge on any atom is 0.339 e. The topological polar surface area (TPSA) is 46.5 Å². The van der Waals surface area contributed by atoms with E-state index in [1.54, 1.807) is 25.1 Å². The molecular formula is C16H16O3. The van der Waals surface area contributed by atoms with E-state index in [-0.39, 0.29) is 5.56 Å². The minimum atomic E-state index is -0.960. The Morgan fingerprint density at radius 3 is 2.42 bits per heavy atom. The summed E-state index contributed by atoms with van der Waals surface area (Å²) in [5.74, 6) is -0.548. The molecule has 0 atom stereocenters. The molecule has 0 radical (unpaired) electrons. The summed E-state index contributed by atoms with van der Waals surface area (Å²) in [6.45, 7) is 4.15. The van der Waals surface area contributed by atoms with Crippen LogP contribution in [-0.4, -0.2) is 11.1 Å². The summed E-state index contributed by atoms with van der Waals surface area (Å²) < 4.78 is 5.67. The third-order valence-corrected chi connectivity index (χ3v) is 3.09. The number of aromatic carboxylic acids is 1. The van der Waals surface area contributed by atoms with Crippen LogP contribution in [-0.2, 0) is 6.61 Å². The summed E-state index contributed by atoms with van der Waals surface area (Å²) in [5, 5.41) is 9.22. The molecule has 19 heavy (non-hydrogen) atoms. The lowest BCUT2D eigenvalue weighted by Gasteiger charge is -2.12. The first-order valence-electron chi connectivity index (χ1n) is 6.10. The molecule has 2 aromatic rings. The molecule has 0 fully saturated rings. The Labute approximate surface area is 112 Å². The summed E-state index contributed by atoms with van der Waals surface area (Å²) in [4.78, 5) is 11.2. The second kappa shape index (κ2) is 5.57. The fourth-order valence-corrected chi connectivity index (χ4v) is 1.96. The summed E-state index contributed by atoms with van der Waals surface area (Å²) in [7, 11) is 0. The van der Waals surface area contributed by atoms with Crippen molar-refractivity contribution in [2.75, 3.05) is 0 Å². The van der Waals surface area contributed by atoms with E-state index in [0.29, 0.717) is 17.9 Å². The highest BCUT2D eigenvalue weighted by atomic mass is 16.5. The van der Waals surface area contributed by atoms with Crippen LogP contribution in [0.1, 0.15) is 27.0 Å². The molecule has 0 aliphatic rings. The molecule has 0 unspecified atom stereocenters. The average molecular weight is 256 g/mol. The van der Waals surface area contributed by atoms with Gasteiger partial charge in [0.05, 0.1) is 0 Å². The van der Waals surface area contributed by atoms with E-state index in [4.69, 9.17) is 4.74 Å². The summed E-state index contributed by atoms with van der Waals surface area (Å²) in [6.07, 6.45) is 0. The number of rotatable bonds is 4. The number of benzene rings is 2. The van der Waals surface area contributed by atoms with Crippen molar-refractivity contribution in [2.45, 2.75) is 20.5 Å². The molecule has 98 valence electrons. The lowest BCUT2D eigenvalue weighted by molar-refractivity contribution is 0.0691. The Morgan fingerprint density at radius 1 is 1.05 bits per heavy atom. The molecule has 0 amide bonds. The zero-order chi connectivity index (χ0) is 13.8. The van der Waals surface area contributed by atoms with Crippen LogP contribution in [0, 0.1) is 13.8 Å². The summed E-state index contributed by atoms with van der Waals surface area (Å²) in [5.41, 5.74) is 3.12.